The molecule has 2 aromatic carbocycles. The monoisotopic (exact) mass is 620 g/mol. The number of carbonyl (C=O) groups excluding carboxylic acids is 3. The minimum atomic E-state index is -0.830. The van der Waals surface area contributed by atoms with Gasteiger partial charge in [0.15, 0.2) is 11.5 Å². The average molecular weight is 621 g/mol. The van der Waals surface area contributed by atoms with Crippen LogP contribution in [0.4, 0.5) is 4.39 Å². The summed E-state index contributed by atoms with van der Waals surface area (Å²) >= 11 is 0. The van der Waals surface area contributed by atoms with Gasteiger partial charge < -0.3 is 34.4 Å². The van der Waals surface area contributed by atoms with Crippen LogP contribution in [0.25, 0.3) is 22.5 Å². The number of hydrogen-bond acceptors (Lipinski definition) is 8. The molecule has 0 aliphatic carbocycles. The number of aromatic nitrogens is 3. The van der Waals surface area contributed by atoms with Gasteiger partial charge in [-0.1, -0.05) is 13.8 Å². The van der Waals surface area contributed by atoms with Gasteiger partial charge in [0.05, 0.1) is 37.8 Å². The van der Waals surface area contributed by atoms with Crippen LogP contribution in [0.3, 0.4) is 0 Å². The summed E-state index contributed by atoms with van der Waals surface area (Å²) in [5.74, 6) is 0.725. The van der Waals surface area contributed by atoms with Crippen LogP contribution in [0.1, 0.15) is 44.0 Å². The van der Waals surface area contributed by atoms with Gasteiger partial charge in [-0.2, -0.15) is 0 Å². The lowest BCUT2D eigenvalue weighted by Gasteiger charge is -2.26. The van der Waals surface area contributed by atoms with Gasteiger partial charge in [0.25, 0.3) is 0 Å². The van der Waals surface area contributed by atoms with Crippen molar-refractivity contribution in [1.82, 2.24) is 30.5 Å². The van der Waals surface area contributed by atoms with E-state index in [1.807, 2.05) is 13.8 Å². The molecule has 3 amide bonds. The van der Waals surface area contributed by atoms with Gasteiger partial charge >= 0.3 is 0 Å². The van der Waals surface area contributed by atoms with Crippen LogP contribution >= 0.6 is 0 Å². The Bertz CT molecular complexity index is 1700. The van der Waals surface area contributed by atoms with E-state index in [4.69, 9.17) is 13.9 Å². The lowest BCUT2D eigenvalue weighted by Crippen LogP contribution is -2.52. The van der Waals surface area contributed by atoms with Crippen molar-refractivity contribution in [2.24, 2.45) is 5.92 Å². The second kappa shape index (κ2) is 13.8. The molecule has 0 fully saturated rings. The van der Waals surface area contributed by atoms with Crippen LogP contribution in [0.5, 0.6) is 11.5 Å². The van der Waals surface area contributed by atoms with Gasteiger partial charge in [-0.15, -0.1) is 0 Å². The molecule has 0 saturated carbocycles. The van der Waals surface area contributed by atoms with Gasteiger partial charge in [-0.25, -0.2) is 14.4 Å². The first-order chi connectivity index (χ1) is 21.6. The summed E-state index contributed by atoms with van der Waals surface area (Å²) in [6.07, 6.45) is 0.746. The molecule has 5 rings (SSSR count). The fourth-order valence-electron chi connectivity index (χ4n) is 5.11. The van der Waals surface area contributed by atoms with Crippen molar-refractivity contribution in [3.05, 3.63) is 59.5 Å². The Morgan fingerprint density at radius 3 is 2.78 bits per heavy atom. The third-order valence-corrected chi connectivity index (χ3v) is 7.58. The molecule has 3 N–H and O–H groups in total. The van der Waals surface area contributed by atoms with Gasteiger partial charge in [0, 0.05) is 24.9 Å². The lowest BCUT2D eigenvalue weighted by molar-refractivity contribution is -0.137. The van der Waals surface area contributed by atoms with E-state index in [9.17, 15) is 18.8 Å². The number of aromatic amines is 1. The number of amides is 3. The van der Waals surface area contributed by atoms with Crippen LogP contribution in [0.15, 0.2) is 40.8 Å². The molecular weight excluding hydrogens is 583 g/mol. The number of H-pyrrole nitrogens is 1. The molecular formula is C32H37FN6O6. The first-order valence-electron chi connectivity index (χ1n) is 14.9. The molecule has 0 saturated heterocycles. The van der Waals surface area contributed by atoms with Crippen LogP contribution in [-0.2, 0) is 27.3 Å². The van der Waals surface area contributed by atoms with Crippen molar-refractivity contribution in [1.29, 1.82) is 0 Å². The second-order valence-corrected chi connectivity index (χ2v) is 11.3. The minimum Gasteiger partial charge on any atom is -0.493 e. The van der Waals surface area contributed by atoms with E-state index in [0.29, 0.717) is 57.7 Å². The van der Waals surface area contributed by atoms with Gasteiger partial charge in [-0.3, -0.25) is 14.4 Å². The SMILES string of the molecule is COc1ccc2cc1OCCCN(C(=O)CCc1nc3ccc(F)cc3[nH]1)CC(=O)N[C@@H](C(C)C)C(=O)NCc1nc-2oc1C. The third-order valence-electron chi connectivity index (χ3n) is 7.58. The average Bonchev–Trinajstić information content (AvgIpc) is 3.60. The van der Waals surface area contributed by atoms with E-state index < -0.39 is 11.9 Å². The first-order valence-corrected chi connectivity index (χ1v) is 14.9. The molecule has 3 heterocycles. The summed E-state index contributed by atoms with van der Waals surface area (Å²) in [5, 5.41) is 5.65. The maximum atomic E-state index is 13.6. The zero-order chi connectivity index (χ0) is 32.1. The van der Waals surface area contributed by atoms with Crippen molar-refractivity contribution in [2.45, 2.75) is 52.6 Å². The maximum Gasteiger partial charge on any atom is 0.243 e. The topological polar surface area (TPSA) is 152 Å². The Hall–Kier alpha value is -4.94. The number of halogens is 1. The highest BCUT2D eigenvalue weighted by Gasteiger charge is 2.27. The normalized spacial score (nSPS) is 16.5. The molecule has 45 heavy (non-hydrogen) atoms. The summed E-state index contributed by atoms with van der Waals surface area (Å²) in [4.78, 5) is 53.3. The first kappa shape index (κ1) is 31.5. The second-order valence-electron chi connectivity index (χ2n) is 11.3. The number of aryl methyl sites for hydroxylation is 2. The number of methoxy groups -OCH3 is 1. The highest BCUT2D eigenvalue weighted by atomic mass is 19.1. The van der Waals surface area contributed by atoms with E-state index in [0.717, 1.165) is 0 Å². The quantitative estimate of drug-likeness (QED) is 0.306. The van der Waals surface area contributed by atoms with Crippen molar-refractivity contribution in [2.75, 3.05) is 26.8 Å². The fraction of sp³-hybridized carbons (Fsp3) is 0.406. The predicted molar refractivity (Wildman–Crippen MR) is 163 cm³/mol. The van der Waals surface area contributed by atoms with Crippen LogP contribution in [0, 0.1) is 18.7 Å². The number of carbonyl (C=O) groups is 3. The highest BCUT2D eigenvalue weighted by molar-refractivity contribution is 5.90. The summed E-state index contributed by atoms with van der Waals surface area (Å²) < 4.78 is 31.0. The molecule has 12 nitrogen and oxygen atoms in total. The third kappa shape index (κ3) is 7.59. The van der Waals surface area contributed by atoms with Crippen molar-refractivity contribution >= 4 is 28.8 Å². The molecule has 1 atom stereocenters. The van der Waals surface area contributed by atoms with E-state index in [-0.39, 0.29) is 62.6 Å². The molecule has 0 unspecified atom stereocenters. The Morgan fingerprint density at radius 2 is 2.00 bits per heavy atom. The molecule has 1 aliphatic rings. The van der Waals surface area contributed by atoms with Gasteiger partial charge in [0.2, 0.25) is 23.6 Å². The fourth-order valence-corrected chi connectivity index (χ4v) is 5.11. The largest absolute Gasteiger partial charge is 0.493 e. The number of ether oxygens (including phenoxy) is 2. The Morgan fingerprint density at radius 1 is 1.18 bits per heavy atom. The van der Waals surface area contributed by atoms with Gasteiger partial charge in [-0.05, 0) is 55.7 Å². The number of fused-ring (bicyclic) bond motifs is 6. The smallest absolute Gasteiger partial charge is 0.243 e. The van der Waals surface area contributed by atoms with Crippen LogP contribution in [0.2, 0.25) is 0 Å². The molecule has 2 aromatic heterocycles. The number of rotatable bonds is 5. The molecule has 238 valence electrons. The Balaban J connectivity index is 1.36. The number of oxazole rings is 1. The highest BCUT2D eigenvalue weighted by Crippen LogP contribution is 2.33. The maximum absolute atomic E-state index is 13.6. The predicted octanol–water partition coefficient (Wildman–Crippen LogP) is 3.67. The Labute approximate surface area is 259 Å². The number of nitrogens with zero attached hydrogens (tertiary/aromatic N) is 3. The van der Waals surface area contributed by atoms with E-state index in [2.05, 4.69) is 25.6 Å². The molecule has 4 bridgehead atoms. The number of hydrogen-bond donors (Lipinski definition) is 3. The molecule has 0 spiro atoms. The van der Waals surface area contributed by atoms with E-state index in [1.165, 1.54) is 17.0 Å². The molecule has 13 heteroatoms. The van der Waals surface area contributed by atoms with Crippen LogP contribution in [-0.4, -0.2) is 70.4 Å². The van der Waals surface area contributed by atoms with Crippen molar-refractivity contribution < 1.29 is 32.7 Å². The lowest BCUT2D eigenvalue weighted by atomic mass is 10.0. The minimum absolute atomic E-state index is 0.0664. The summed E-state index contributed by atoms with van der Waals surface area (Å²) in [6, 6.07) is 8.74. The molecule has 1 aliphatic heterocycles. The van der Waals surface area contributed by atoms with Crippen LogP contribution < -0.4 is 20.1 Å². The molecule has 0 radical (unpaired) electrons. The standard InChI is InChI=1S/C32H37FN6O6/c1-18(2)30-31(42)34-16-24-19(3)45-32(37-24)20-6-9-25(43-4)26(14-20)44-13-5-12-39(17-28(40)38-30)29(41)11-10-27-35-22-8-7-21(33)15-23(22)36-27/h6-9,14-15,18,30H,5,10-13,16-17H2,1-4H3,(H,34,42)(H,35,36)(H,38,40)/t30-/m0/s1. The Kier molecular flexibility index (Phi) is 9.65. The van der Waals surface area contributed by atoms with Crippen molar-refractivity contribution in [3.63, 3.8) is 0 Å². The van der Waals surface area contributed by atoms with Gasteiger partial charge in [0.1, 0.15) is 29.1 Å². The zero-order valence-corrected chi connectivity index (χ0v) is 25.7. The number of nitrogens with one attached hydrogen (secondary N) is 3. The van der Waals surface area contributed by atoms with Crippen molar-refractivity contribution in [3.8, 4) is 23.0 Å². The number of benzene rings is 2. The number of imidazole rings is 1. The summed E-state index contributed by atoms with van der Waals surface area (Å²) in [5.41, 5.74) is 2.37. The van der Waals surface area contributed by atoms with E-state index >= 15 is 0 Å². The molecule has 4 aromatic rings. The summed E-state index contributed by atoms with van der Waals surface area (Å²) in [6.45, 7) is 5.74. The zero-order valence-electron chi connectivity index (χ0n) is 25.7. The summed E-state index contributed by atoms with van der Waals surface area (Å²) in [7, 11) is 1.54. The van der Waals surface area contributed by atoms with E-state index in [1.54, 1.807) is 38.3 Å².